The molecule has 0 aliphatic carbocycles. The zero-order valence-electron chi connectivity index (χ0n) is 10.8. The number of hydrogen-bond donors (Lipinski definition) is 3. The summed E-state index contributed by atoms with van der Waals surface area (Å²) in [6, 6.07) is 7.89. The number of hydroxylamine groups is 2. The molecule has 1 fully saturated rings. The van der Waals surface area contributed by atoms with Crippen molar-refractivity contribution in [2.24, 2.45) is 0 Å². The minimum absolute atomic E-state index is 0. The Kier molecular flexibility index (Phi) is 7.66. The lowest BCUT2D eigenvalue weighted by atomic mass is 10.1. The van der Waals surface area contributed by atoms with Gasteiger partial charge in [-0.2, -0.15) is 0 Å². The Hall–Kier alpha value is -0.560. The Morgan fingerprint density at radius 2 is 1.84 bits per heavy atom. The Morgan fingerprint density at radius 1 is 1.26 bits per heavy atom. The lowest BCUT2D eigenvalue weighted by Gasteiger charge is -2.25. The van der Waals surface area contributed by atoms with Crippen molar-refractivity contribution in [2.75, 3.05) is 18.8 Å². The zero-order chi connectivity index (χ0) is 12.4. The molecule has 1 aromatic carbocycles. The summed E-state index contributed by atoms with van der Waals surface area (Å²) in [6.07, 6.45) is 0.770. The van der Waals surface area contributed by atoms with Crippen molar-refractivity contribution in [3.63, 3.8) is 0 Å². The van der Waals surface area contributed by atoms with Gasteiger partial charge in [-0.15, -0.1) is 24.8 Å². The van der Waals surface area contributed by atoms with Crippen LogP contribution in [0.3, 0.4) is 0 Å². The maximum absolute atomic E-state index is 9.00. The zero-order valence-corrected chi connectivity index (χ0v) is 12.4. The fourth-order valence-corrected chi connectivity index (χ4v) is 2.29. The fourth-order valence-electron chi connectivity index (χ4n) is 2.29. The van der Waals surface area contributed by atoms with Crippen LogP contribution in [0.25, 0.3) is 0 Å². The van der Waals surface area contributed by atoms with Crippen molar-refractivity contribution in [3.8, 4) is 0 Å². The van der Waals surface area contributed by atoms with Gasteiger partial charge >= 0.3 is 0 Å². The van der Waals surface area contributed by atoms with Gasteiger partial charge in [-0.25, -0.2) is 0 Å². The predicted molar refractivity (Wildman–Crippen MR) is 79.2 cm³/mol. The van der Waals surface area contributed by atoms with E-state index in [4.69, 9.17) is 16.1 Å². The smallest absolute Gasteiger partial charge is 0.0762 e. The summed E-state index contributed by atoms with van der Waals surface area (Å²) in [5.74, 6) is 0. The van der Waals surface area contributed by atoms with Crippen LogP contribution in [0.2, 0.25) is 0 Å². The van der Waals surface area contributed by atoms with Gasteiger partial charge in [0.15, 0.2) is 0 Å². The van der Waals surface area contributed by atoms with Crippen molar-refractivity contribution >= 4 is 30.5 Å². The maximum Gasteiger partial charge on any atom is 0.0762 e. The standard InChI is InChI=1S/C12H19N3O2.2ClH/c1-9(10-2-4-11(13)5-3-10)14-7-6-12(8-14)15(16)17;;/h2-5,9,12,16-17H,6-8,13H2,1H3;2*1H. The molecule has 2 rings (SSSR count). The van der Waals surface area contributed by atoms with Crippen molar-refractivity contribution < 1.29 is 10.4 Å². The number of nitrogens with zero attached hydrogens (tertiary/aromatic N) is 2. The first-order chi connectivity index (χ1) is 8.08. The summed E-state index contributed by atoms with van der Waals surface area (Å²) in [5.41, 5.74) is 7.61. The highest BCUT2D eigenvalue weighted by molar-refractivity contribution is 5.85. The number of hydrogen-bond acceptors (Lipinski definition) is 5. The Morgan fingerprint density at radius 3 is 2.32 bits per heavy atom. The number of nitrogen functional groups attached to an aromatic ring is 1. The molecule has 2 unspecified atom stereocenters. The third-order valence-corrected chi connectivity index (χ3v) is 3.49. The van der Waals surface area contributed by atoms with Crippen LogP contribution in [0, 0.1) is 0 Å². The molecule has 0 spiro atoms. The maximum atomic E-state index is 9.00. The van der Waals surface area contributed by atoms with Gasteiger partial charge in [-0.05, 0) is 31.0 Å². The molecule has 5 nitrogen and oxygen atoms in total. The van der Waals surface area contributed by atoms with Gasteiger partial charge in [0.2, 0.25) is 0 Å². The lowest BCUT2D eigenvalue weighted by Crippen LogP contribution is -2.33. The first-order valence-corrected chi connectivity index (χ1v) is 5.84. The van der Waals surface area contributed by atoms with E-state index in [0.29, 0.717) is 11.8 Å². The molecule has 1 aromatic rings. The minimum atomic E-state index is -0.189. The molecule has 0 radical (unpaired) electrons. The molecule has 0 aromatic heterocycles. The Balaban J connectivity index is 0.00000162. The Bertz CT molecular complexity index is 376. The number of rotatable bonds is 3. The first-order valence-electron chi connectivity index (χ1n) is 5.84. The molecular formula is C12H21Cl2N3O2. The van der Waals surface area contributed by atoms with E-state index in [2.05, 4.69) is 11.8 Å². The predicted octanol–water partition coefficient (Wildman–Crippen LogP) is 2.33. The molecule has 0 bridgehead atoms. The largest absolute Gasteiger partial charge is 0.399 e. The van der Waals surface area contributed by atoms with Crippen molar-refractivity contribution in [1.29, 1.82) is 0 Å². The van der Waals surface area contributed by atoms with Crippen molar-refractivity contribution in [2.45, 2.75) is 25.4 Å². The molecule has 1 saturated heterocycles. The fraction of sp³-hybridized carbons (Fsp3) is 0.500. The number of likely N-dealkylation sites (tertiary alicyclic amines) is 1. The molecule has 2 atom stereocenters. The van der Waals surface area contributed by atoms with Crippen LogP contribution < -0.4 is 5.73 Å². The van der Waals surface area contributed by atoms with Gasteiger partial charge in [0.25, 0.3) is 0 Å². The van der Waals surface area contributed by atoms with E-state index in [9.17, 15) is 0 Å². The number of halogens is 2. The van der Waals surface area contributed by atoms with E-state index in [1.807, 2.05) is 24.3 Å². The highest BCUT2D eigenvalue weighted by atomic mass is 35.5. The molecule has 0 amide bonds. The summed E-state index contributed by atoms with van der Waals surface area (Å²) < 4.78 is 0. The summed E-state index contributed by atoms with van der Waals surface area (Å²) in [6.45, 7) is 3.65. The summed E-state index contributed by atoms with van der Waals surface area (Å²) in [4.78, 5) is 2.23. The highest BCUT2D eigenvalue weighted by Gasteiger charge is 2.29. The van der Waals surface area contributed by atoms with Crippen LogP contribution in [0.1, 0.15) is 24.9 Å². The second-order valence-corrected chi connectivity index (χ2v) is 4.60. The third kappa shape index (κ3) is 4.49. The van der Waals surface area contributed by atoms with Gasteiger partial charge in [0, 0.05) is 24.8 Å². The van der Waals surface area contributed by atoms with Crippen LogP contribution in [-0.4, -0.2) is 39.7 Å². The summed E-state index contributed by atoms with van der Waals surface area (Å²) >= 11 is 0. The minimum Gasteiger partial charge on any atom is -0.399 e. The molecule has 1 aliphatic heterocycles. The number of anilines is 1. The summed E-state index contributed by atoms with van der Waals surface area (Å²) in [5, 5.41) is 18.3. The molecule has 4 N–H and O–H groups in total. The normalized spacial score (nSPS) is 20.7. The van der Waals surface area contributed by atoms with Crippen LogP contribution in [0.4, 0.5) is 5.69 Å². The van der Waals surface area contributed by atoms with E-state index in [1.54, 1.807) is 0 Å². The monoisotopic (exact) mass is 309 g/mol. The quantitative estimate of drug-likeness (QED) is 0.590. The second-order valence-electron chi connectivity index (χ2n) is 4.60. The van der Waals surface area contributed by atoms with E-state index >= 15 is 0 Å². The molecule has 7 heteroatoms. The molecule has 1 heterocycles. The number of nitrogens with two attached hydrogens (primary N) is 1. The van der Waals surface area contributed by atoms with Gasteiger partial charge in [0.1, 0.15) is 0 Å². The molecule has 19 heavy (non-hydrogen) atoms. The van der Waals surface area contributed by atoms with E-state index in [-0.39, 0.29) is 36.9 Å². The van der Waals surface area contributed by atoms with Crippen LogP contribution >= 0.6 is 24.8 Å². The number of benzene rings is 1. The molecule has 110 valence electrons. The average Bonchev–Trinajstić information content (AvgIpc) is 2.78. The highest BCUT2D eigenvalue weighted by Crippen LogP contribution is 2.26. The molecular weight excluding hydrogens is 289 g/mol. The van der Waals surface area contributed by atoms with Gasteiger partial charge < -0.3 is 5.73 Å². The van der Waals surface area contributed by atoms with Crippen LogP contribution in [0.15, 0.2) is 24.3 Å². The Labute approximate surface area is 125 Å². The average molecular weight is 310 g/mol. The van der Waals surface area contributed by atoms with E-state index in [1.165, 1.54) is 5.56 Å². The second kappa shape index (κ2) is 7.89. The molecule has 1 aliphatic rings. The van der Waals surface area contributed by atoms with E-state index < -0.39 is 0 Å². The van der Waals surface area contributed by atoms with Gasteiger partial charge in [0.05, 0.1) is 6.04 Å². The van der Waals surface area contributed by atoms with Gasteiger partial charge in [-0.3, -0.25) is 15.3 Å². The lowest BCUT2D eigenvalue weighted by molar-refractivity contribution is -0.329. The van der Waals surface area contributed by atoms with Gasteiger partial charge in [-0.1, -0.05) is 17.4 Å². The first kappa shape index (κ1) is 18.4. The van der Waals surface area contributed by atoms with Crippen LogP contribution in [0.5, 0.6) is 0 Å². The third-order valence-electron chi connectivity index (χ3n) is 3.49. The SMILES string of the molecule is CC(c1ccc(N)cc1)N1CCC(N(O)O)C1.Cl.Cl. The van der Waals surface area contributed by atoms with Crippen molar-refractivity contribution in [1.82, 2.24) is 10.1 Å². The molecule has 0 saturated carbocycles. The van der Waals surface area contributed by atoms with Crippen LogP contribution in [-0.2, 0) is 0 Å². The van der Waals surface area contributed by atoms with Crippen molar-refractivity contribution in [3.05, 3.63) is 29.8 Å². The topological polar surface area (TPSA) is 73.0 Å². The van der Waals surface area contributed by atoms with E-state index in [0.717, 1.165) is 18.7 Å². The summed E-state index contributed by atoms with van der Waals surface area (Å²) in [7, 11) is 0.